The summed E-state index contributed by atoms with van der Waals surface area (Å²) in [5, 5.41) is 12.7. The Labute approximate surface area is 182 Å². The van der Waals surface area contributed by atoms with Crippen LogP contribution in [-0.2, 0) is 19.1 Å². The summed E-state index contributed by atoms with van der Waals surface area (Å²) in [4.78, 5) is 41.2. The van der Waals surface area contributed by atoms with Crippen molar-refractivity contribution >= 4 is 17.8 Å². The third-order valence-electron chi connectivity index (χ3n) is 5.69. The monoisotopic (exact) mass is 429 g/mol. The Morgan fingerprint density at radius 3 is 1.83 bits per heavy atom. The zero-order valence-corrected chi connectivity index (χ0v) is 20.4. The lowest BCUT2D eigenvalue weighted by atomic mass is 9.94. The molecule has 0 spiro atoms. The van der Waals surface area contributed by atoms with E-state index in [-0.39, 0.29) is 23.7 Å². The van der Waals surface area contributed by atoms with Crippen molar-refractivity contribution in [3.05, 3.63) is 0 Å². The van der Waals surface area contributed by atoms with Gasteiger partial charge in [-0.3, -0.25) is 14.5 Å². The number of nitrogens with zero attached hydrogens (tertiary/aromatic N) is 2. The molecule has 0 aromatic heterocycles. The Balaban J connectivity index is 5.72. The molecule has 8 heteroatoms. The highest BCUT2D eigenvalue weighted by atomic mass is 16.5. The van der Waals surface area contributed by atoms with Gasteiger partial charge in [0, 0.05) is 14.2 Å². The van der Waals surface area contributed by atoms with Crippen molar-refractivity contribution in [2.24, 2.45) is 17.8 Å². The Morgan fingerprint density at radius 1 is 0.967 bits per heavy atom. The smallest absolute Gasteiger partial charge is 0.329 e. The molecule has 5 atom stereocenters. The first kappa shape index (κ1) is 28.3. The van der Waals surface area contributed by atoms with Gasteiger partial charge in [0.15, 0.2) is 6.04 Å². The van der Waals surface area contributed by atoms with Crippen LogP contribution in [0.4, 0.5) is 0 Å². The lowest BCUT2D eigenvalue weighted by molar-refractivity contribution is -0.157. The van der Waals surface area contributed by atoms with Crippen LogP contribution in [0.3, 0.4) is 0 Å². The molecule has 2 amide bonds. The lowest BCUT2D eigenvalue weighted by Crippen LogP contribution is -2.59. The van der Waals surface area contributed by atoms with Gasteiger partial charge < -0.3 is 20.1 Å². The van der Waals surface area contributed by atoms with Gasteiger partial charge in [-0.1, -0.05) is 48.0 Å². The average molecular weight is 430 g/mol. The molecule has 0 saturated heterocycles. The molecule has 0 aliphatic heterocycles. The standard InChI is InChI=1S/C22H43N3O5/c1-11-15(6)12-16(30-10)19(22(28)29)25(9)21(27)17(13(2)3)23-20(26)18(14(4)5)24(7)8/h13-19H,11-12H2,1-10H3,(H,23,26)(H,28,29)/t15?,16?,17-,18-,19?/m0/s1. The number of rotatable bonds is 13. The summed E-state index contributed by atoms with van der Waals surface area (Å²) in [7, 11) is 6.58. The van der Waals surface area contributed by atoms with E-state index in [1.165, 1.54) is 19.1 Å². The van der Waals surface area contributed by atoms with Gasteiger partial charge in [-0.25, -0.2) is 4.79 Å². The maximum atomic E-state index is 13.3. The maximum Gasteiger partial charge on any atom is 0.329 e. The predicted octanol–water partition coefficient (Wildman–Crippen LogP) is 2.08. The first-order valence-corrected chi connectivity index (χ1v) is 10.8. The zero-order chi connectivity index (χ0) is 23.8. The van der Waals surface area contributed by atoms with Gasteiger partial charge in [0.2, 0.25) is 11.8 Å². The summed E-state index contributed by atoms with van der Waals surface area (Å²) in [6, 6.07) is -2.35. The van der Waals surface area contributed by atoms with Crippen molar-refractivity contribution in [3.63, 3.8) is 0 Å². The molecule has 0 aliphatic carbocycles. The van der Waals surface area contributed by atoms with Crippen LogP contribution < -0.4 is 5.32 Å². The molecule has 3 unspecified atom stereocenters. The number of carboxylic acid groups (broad SMARTS) is 1. The summed E-state index contributed by atoms with van der Waals surface area (Å²) in [5.41, 5.74) is 0. The number of carbonyl (C=O) groups excluding carboxylic acids is 2. The highest BCUT2D eigenvalue weighted by Crippen LogP contribution is 2.20. The quantitative estimate of drug-likeness (QED) is 0.465. The van der Waals surface area contributed by atoms with Crippen LogP contribution in [0.1, 0.15) is 54.4 Å². The Bertz CT molecular complexity index is 557. The summed E-state index contributed by atoms with van der Waals surface area (Å²) in [6.07, 6.45) is 0.770. The molecular formula is C22H43N3O5. The van der Waals surface area contributed by atoms with Crippen molar-refractivity contribution in [1.29, 1.82) is 0 Å². The van der Waals surface area contributed by atoms with Crippen molar-refractivity contribution in [2.45, 2.75) is 78.6 Å². The van der Waals surface area contributed by atoms with Crippen LogP contribution >= 0.6 is 0 Å². The molecule has 0 fully saturated rings. The largest absolute Gasteiger partial charge is 0.480 e. The van der Waals surface area contributed by atoms with E-state index in [4.69, 9.17) is 4.74 Å². The van der Waals surface area contributed by atoms with Crippen LogP contribution in [0.5, 0.6) is 0 Å². The number of hydrogen-bond acceptors (Lipinski definition) is 5. The third kappa shape index (κ3) is 7.87. The Kier molecular flexibility index (Phi) is 12.2. The summed E-state index contributed by atoms with van der Waals surface area (Å²) >= 11 is 0. The molecule has 0 rings (SSSR count). The van der Waals surface area contributed by atoms with Gasteiger partial charge in [0.05, 0.1) is 12.1 Å². The van der Waals surface area contributed by atoms with Gasteiger partial charge in [-0.2, -0.15) is 0 Å². The SMILES string of the molecule is CCC(C)CC(OC)C(C(=O)O)N(C)C(=O)[C@@H](NC(=O)[C@H](C(C)C)N(C)C)C(C)C. The maximum absolute atomic E-state index is 13.3. The number of likely N-dealkylation sites (N-methyl/N-ethyl adjacent to an activating group) is 2. The van der Waals surface area contributed by atoms with Crippen molar-refractivity contribution in [3.8, 4) is 0 Å². The molecular weight excluding hydrogens is 386 g/mol. The minimum atomic E-state index is -1.13. The first-order valence-electron chi connectivity index (χ1n) is 10.8. The van der Waals surface area contributed by atoms with E-state index < -0.39 is 36.1 Å². The number of amides is 2. The fourth-order valence-electron chi connectivity index (χ4n) is 3.73. The summed E-state index contributed by atoms with van der Waals surface area (Å²) < 4.78 is 5.47. The number of ether oxygens (including phenoxy) is 1. The molecule has 0 aromatic carbocycles. The minimum Gasteiger partial charge on any atom is -0.480 e. The highest BCUT2D eigenvalue weighted by molar-refractivity contribution is 5.92. The fourth-order valence-corrected chi connectivity index (χ4v) is 3.73. The lowest BCUT2D eigenvalue weighted by Gasteiger charge is -2.36. The molecule has 0 aromatic rings. The molecule has 0 heterocycles. The van der Waals surface area contributed by atoms with Crippen LogP contribution in [-0.4, -0.2) is 85.2 Å². The van der Waals surface area contributed by atoms with Gasteiger partial charge in [-0.15, -0.1) is 0 Å². The second kappa shape index (κ2) is 12.9. The van der Waals surface area contributed by atoms with E-state index in [0.717, 1.165) is 6.42 Å². The van der Waals surface area contributed by atoms with Crippen molar-refractivity contribution < 1.29 is 24.2 Å². The molecule has 0 radical (unpaired) electrons. The second-order valence-electron chi connectivity index (χ2n) is 9.14. The van der Waals surface area contributed by atoms with Crippen molar-refractivity contribution in [2.75, 3.05) is 28.3 Å². The van der Waals surface area contributed by atoms with Crippen LogP contribution in [0.25, 0.3) is 0 Å². The number of methoxy groups -OCH3 is 1. The molecule has 0 bridgehead atoms. The van der Waals surface area contributed by atoms with Gasteiger partial charge in [0.25, 0.3) is 0 Å². The third-order valence-corrected chi connectivity index (χ3v) is 5.69. The number of nitrogens with one attached hydrogen (secondary N) is 1. The number of aliphatic carboxylic acids is 1. The molecule has 0 saturated carbocycles. The van der Waals surface area contributed by atoms with E-state index in [1.807, 2.05) is 60.5 Å². The molecule has 176 valence electrons. The van der Waals surface area contributed by atoms with E-state index in [9.17, 15) is 19.5 Å². The highest BCUT2D eigenvalue weighted by Gasteiger charge is 2.39. The minimum absolute atomic E-state index is 0.0563. The fraction of sp³-hybridized carbons (Fsp3) is 0.864. The number of hydrogen-bond donors (Lipinski definition) is 2. The average Bonchev–Trinajstić information content (AvgIpc) is 2.63. The van der Waals surface area contributed by atoms with E-state index >= 15 is 0 Å². The Hall–Kier alpha value is -1.67. The zero-order valence-electron chi connectivity index (χ0n) is 20.4. The second-order valence-corrected chi connectivity index (χ2v) is 9.14. The molecule has 30 heavy (non-hydrogen) atoms. The Morgan fingerprint density at radius 2 is 1.50 bits per heavy atom. The van der Waals surface area contributed by atoms with Gasteiger partial charge in [0.1, 0.15) is 6.04 Å². The normalized spacial score (nSPS) is 16.8. The van der Waals surface area contributed by atoms with Crippen LogP contribution in [0.2, 0.25) is 0 Å². The molecule has 2 N–H and O–H groups in total. The first-order chi connectivity index (χ1) is 13.8. The van der Waals surface area contributed by atoms with Crippen LogP contribution in [0, 0.1) is 17.8 Å². The van der Waals surface area contributed by atoms with Crippen LogP contribution in [0.15, 0.2) is 0 Å². The van der Waals surface area contributed by atoms with Gasteiger partial charge in [-0.05, 0) is 38.3 Å². The van der Waals surface area contributed by atoms with E-state index in [2.05, 4.69) is 5.32 Å². The summed E-state index contributed by atoms with van der Waals surface area (Å²) in [6.45, 7) is 11.6. The summed E-state index contributed by atoms with van der Waals surface area (Å²) in [5.74, 6) is -1.69. The predicted molar refractivity (Wildman–Crippen MR) is 118 cm³/mol. The van der Waals surface area contributed by atoms with E-state index in [1.54, 1.807) is 0 Å². The number of carbonyl (C=O) groups is 3. The van der Waals surface area contributed by atoms with E-state index in [0.29, 0.717) is 6.42 Å². The topological polar surface area (TPSA) is 99.2 Å². The number of carboxylic acids is 1. The molecule has 8 nitrogen and oxygen atoms in total. The van der Waals surface area contributed by atoms with Crippen molar-refractivity contribution in [1.82, 2.24) is 15.1 Å². The molecule has 0 aliphatic rings. The van der Waals surface area contributed by atoms with Gasteiger partial charge >= 0.3 is 5.97 Å².